The lowest BCUT2D eigenvalue weighted by Gasteiger charge is -2.21. The van der Waals surface area contributed by atoms with Crippen LogP contribution in [0.15, 0.2) is 35.5 Å². The van der Waals surface area contributed by atoms with Gasteiger partial charge >= 0.3 is 0 Å². The molecule has 3 aromatic rings. The van der Waals surface area contributed by atoms with Crippen LogP contribution >= 0.6 is 11.8 Å². The first-order chi connectivity index (χ1) is 13.0. The van der Waals surface area contributed by atoms with E-state index >= 15 is 0 Å². The number of aromatic nitrogens is 3. The van der Waals surface area contributed by atoms with Crippen molar-refractivity contribution >= 4 is 34.2 Å². The maximum absolute atomic E-state index is 12.9. The Morgan fingerprint density at radius 3 is 2.70 bits per heavy atom. The van der Waals surface area contributed by atoms with Gasteiger partial charge < -0.3 is 5.32 Å². The Morgan fingerprint density at radius 1 is 1.22 bits per heavy atom. The molecule has 2 aromatic heterocycles. The minimum Gasteiger partial charge on any atom is -0.352 e. The highest BCUT2D eigenvalue weighted by atomic mass is 32.2. The zero-order chi connectivity index (χ0) is 19.0. The zero-order valence-corrected chi connectivity index (χ0v) is 16.9. The fourth-order valence-corrected chi connectivity index (χ4v) is 4.97. The molecular weight excluding hydrogens is 356 g/mol. The monoisotopic (exact) mass is 382 g/mol. The van der Waals surface area contributed by atoms with Gasteiger partial charge in [0.25, 0.3) is 0 Å². The van der Waals surface area contributed by atoms with Gasteiger partial charge in [0.1, 0.15) is 0 Å². The summed E-state index contributed by atoms with van der Waals surface area (Å²) in [5.41, 5.74) is 3.09. The summed E-state index contributed by atoms with van der Waals surface area (Å²) in [5, 5.41) is 13.8. The van der Waals surface area contributed by atoms with Gasteiger partial charge in [-0.15, -0.1) is 10.2 Å². The highest BCUT2D eigenvalue weighted by Gasteiger charge is 2.28. The number of pyridine rings is 1. The first-order valence-corrected chi connectivity index (χ1v) is 10.6. The summed E-state index contributed by atoms with van der Waals surface area (Å²) < 4.78 is 2.07. The van der Waals surface area contributed by atoms with Crippen molar-refractivity contribution < 1.29 is 4.79 Å². The van der Waals surface area contributed by atoms with Gasteiger partial charge in [0.05, 0.1) is 10.8 Å². The molecule has 5 nitrogen and oxygen atoms in total. The maximum Gasteiger partial charge on any atom is 0.234 e. The lowest BCUT2D eigenvalue weighted by Crippen LogP contribution is -2.41. The number of nitrogens with zero attached hydrogens (tertiary/aromatic N) is 3. The molecule has 1 aliphatic carbocycles. The fourth-order valence-electron chi connectivity index (χ4n) is 3.91. The van der Waals surface area contributed by atoms with Crippen LogP contribution in [0.3, 0.4) is 0 Å². The zero-order valence-electron chi connectivity index (χ0n) is 16.1. The van der Waals surface area contributed by atoms with Crippen LogP contribution in [0, 0.1) is 12.8 Å². The molecule has 142 valence electrons. The molecule has 0 radical (unpaired) electrons. The number of para-hydroxylation sites is 1. The quantitative estimate of drug-likeness (QED) is 0.666. The topological polar surface area (TPSA) is 59.3 Å². The summed E-state index contributed by atoms with van der Waals surface area (Å²) in [6, 6.07) is 10.7. The smallest absolute Gasteiger partial charge is 0.234 e. The summed E-state index contributed by atoms with van der Waals surface area (Å²) in [5.74, 6) is 0.329. The predicted octanol–water partition coefficient (Wildman–Crippen LogP) is 4.37. The second kappa shape index (κ2) is 7.50. The molecule has 1 fully saturated rings. The van der Waals surface area contributed by atoms with E-state index in [2.05, 4.69) is 58.9 Å². The molecule has 2 heterocycles. The Labute approximate surface area is 163 Å². The maximum atomic E-state index is 12.9. The van der Waals surface area contributed by atoms with Crippen molar-refractivity contribution in [3.8, 4) is 0 Å². The predicted molar refractivity (Wildman–Crippen MR) is 110 cm³/mol. The Bertz CT molecular complexity index is 975. The van der Waals surface area contributed by atoms with Gasteiger partial charge in [-0.1, -0.05) is 56.7 Å². The second-order valence-electron chi connectivity index (χ2n) is 7.79. The highest BCUT2D eigenvalue weighted by Crippen LogP contribution is 2.31. The molecule has 4 rings (SSSR count). The van der Waals surface area contributed by atoms with E-state index in [9.17, 15) is 4.79 Å². The SMILES string of the molecule is Cc1cc2nnc(S[C@@H](C(=O)NC3CCCC3)C(C)C)n2c2ccccc12. The molecule has 0 spiro atoms. The first kappa shape index (κ1) is 18.3. The minimum atomic E-state index is -0.182. The summed E-state index contributed by atoms with van der Waals surface area (Å²) in [7, 11) is 0. The number of carbonyl (C=O) groups is 1. The molecule has 0 aliphatic heterocycles. The van der Waals surface area contributed by atoms with E-state index in [0.29, 0.717) is 6.04 Å². The van der Waals surface area contributed by atoms with Gasteiger partial charge in [0.2, 0.25) is 5.91 Å². The number of thioether (sulfide) groups is 1. The van der Waals surface area contributed by atoms with Crippen LogP contribution in [0.4, 0.5) is 0 Å². The molecule has 6 heteroatoms. The van der Waals surface area contributed by atoms with E-state index in [0.717, 1.165) is 29.2 Å². The van der Waals surface area contributed by atoms with Crippen molar-refractivity contribution in [2.45, 2.75) is 62.9 Å². The Hall–Kier alpha value is -2.08. The third-order valence-corrected chi connectivity index (χ3v) is 6.86. The van der Waals surface area contributed by atoms with Crippen molar-refractivity contribution in [2.24, 2.45) is 5.92 Å². The molecular formula is C21H26N4OS. The van der Waals surface area contributed by atoms with Crippen molar-refractivity contribution in [2.75, 3.05) is 0 Å². The molecule has 27 heavy (non-hydrogen) atoms. The fraction of sp³-hybridized carbons (Fsp3) is 0.476. The van der Waals surface area contributed by atoms with Crippen LogP contribution in [-0.4, -0.2) is 31.8 Å². The van der Waals surface area contributed by atoms with Gasteiger partial charge in [-0.05, 0) is 43.4 Å². The Morgan fingerprint density at radius 2 is 1.96 bits per heavy atom. The normalized spacial score (nSPS) is 16.4. The van der Waals surface area contributed by atoms with Crippen LogP contribution in [0.2, 0.25) is 0 Å². The lowest BCUT2D eigenvalue weighted by atomic mass is 10.1. The van der Waals surface area contributed by atoms with Gasteiger partial charge in [-0.3, -0.25) is 9.20 Å². The van der Waals surface area contributed by atoms with Crippen molar-refractivity contribution in [1.29, 1.82) is 0 Å². The number of aryl methyl sites for hydroxylation is 1. The molecule has 1 aliphatic rings. The number of amides is 1. The first-order valence-electron chi connectivity index (χ1n) is 9.75. The largest absolute Gasteiger partial charge is 0.352 e. The average Bonchev–Trinajstić information content (AvgIpc) is 3.29. The van der Waals surface area contributed by atoms with Gasteiger partial charge in [-0.2, -0.15) is 0 Å². The highest BCUT2D eigenvalue weighted by molar-refractivity contribution is 8.00. The molecule has 0 unspecified atom stereocenters. The standard InChI is InChI=1S/C21H26N4OS/c1-13(2)19(20(26)22-15-8-4-5-9-15)27-21-24-23-18-12-14(3)16-10-6-7-11-17(16)25(18)21/h6-7,10-13,15,19H,4-5,8-9H2,1-3H3,(H,22,26)/t19-/m1/s1. The molecule has 0 saturated heterocycles. The third-order valence-electron chi connectivity index (χ3n) is 5.37. The van der Waals surface area contributed by atoms with Crippen LogP contribution in [0.25, 0.3) is 16.6 Å². The average molecular weight is 383 g/mol. The summed E-state index contributed by atoms with van der Waals surface area (Å²) >= 11 is 1.52. The van der Waals surface area contributed by atoms with E-state index in [-0.39, 0.29) is 17.1 Å². The second-order valence-corrected chi connectivity index (χ2v) is 8.90. The number of carbonyl (C=O) groups excluding carboxylic acids is 1. The third kappa shape index (κ3) is 3.55. The van der Waals surface area contributed by atoms with Gasteiger partial charge in [-0.25, -0.2) is 0 Å². The molecule has 1 amide bonds. The van der Waals surface area contributed by atoms with E-state index < -0.39 is 0 Å². The van der Waals surface area contributed by atoms with Crippen molar-refractivity contribution in [3.05, 3.63) is 35.9 Å². The van der Waals surface area contributed by atoms with E-state index in [1.807, 2.05) is 12.1 Å². The summed E-state index contributed by atoms with van der Waals surface area (Å²) in [4.78, 5) is 12.9. The lowest BCUT2D eigenvalue weighted by molar-refractivity contribution is -0.121. The van der Waals surface area contributed by atoms with Crippen LogP contribution in [-0.2, 0) is 4.79 Å². The van der Waals surface area contributed by atoms with Crippen LogP contribution in [0.1, 0.15) is 45.1 Å². The van der Waals surface area contributed by atoms with Crippen LogP contribution in [0.5, 0.6) is 0 Å². The molecule has 1 aromatic carbocycles. The van der Waals surface area contributed by atoms with E-state index in [4.69, 9.17) is 0 Å². The number of fused-ring (bicyclic) bond motifs is 3. The molecule has 1 atom stereocenters. The summed E-state index contributed by atoms with van der Waals surface area (Å²) in [6.45, 7) is 6.28. The number of benzene rings is 1. The Balaban J connectivity index is 1.68. The molecule has 1 N–H and O–H groups in total. The van der Waals surface area contributed by atoms with Crippen LogP contribution < -0.4 is 5.32 Å². The Kier molecular flexibility index (Phi) is 5.08. The molecule has 1 saturated carbocycles. The number of hydrogen-bond acceptors (Lipinski definition) is 4. The van der Waals surface area contributed by atoms with Crippen molar-refractivity contribution in [1.82, 2.24) is 19.9 Å². The number of rotatable bonds is 5. The van der Waals surface area contributed by atoms with Gasteiger partial charge in [0, 0.05) is 11.4 Å². The summed E-state index contributed by atoms with van der Waals surface area (Å²) in [6.07, 6.45) is 4.62. The number of hydrogen-bond donors (Lipinski definition) is 1. The number of nitrogens with one attached hydrogen (secondary N) is 1. The van der Waals surface area contributed by atoms with Crippen molar-refractivity contribution in [3.63, 3.8) is 0 Å². The minimum absolute atomic E-state index is 0.120. The van der Waals surface area contributed by atoms with E-state index in [1.54, 1.807) is 0 Å². The van der Waals surface area contributed by atoms with E-state index in [1.165, 1.54) is 35.6 Å². The molecule has 0 bridgehead atoms. The van der Waals surface area contributed by atoms with Gasteiger partial charge in [0.15, 0.2) is 10.8 Å².